The SMILES string of the molecule is Cc1cccc(-c2cccc(-n3c4ccccc4c4c3ccc3cc5c6ccccc6c6ccccc6n5c34)c2)c1. The highest BCUT2D eigenvalue weighted by Crippen LogP contribution is 2.41. The fourth-order valence-corrected chi connectivity index (χ4v) is 6.96. The van der Waals surface area contributed by atoms with Crippen molar-refractivity contribution in [3.05, 3.63) is 145 Å². The van der Waals surface area contributed by atoms with Crippen molar-refractivity contribution in [2.75, 3.05) is 0 Å². The minimum absolute atomic E-state index is 1.17. The van der Waals surface area contributed by atoms with Gasteiger partial charge in [-0.2, -0.15) is 0 Å². The third-order valence-electron chi connectivity index (χ3n) is 8.69. The molecular formula is C39H26N2. The number of aromatic nitrogens is 2. The first kappa shape index (κ1) is 22.5. The van der Waals surface area contributed by atoms with Gasteiger partial charge in [0, 0.05) is 32.6 Å². The first-order valence-corrected chi connectivity index (χ1v) is 14.2. The summed E-state index contributed by atoms with van der Waals surface area (Å²) in [5, 5.41) is 7.68. The Balaban J connectivity index is 1.45. The van der Waals surface area contributed by atoms with Crippen molar-refractivity contribution in [2.45, 2.75) is 6.92 Å². The summed E-state index contributed by atoms with van der Waals surface area (Å²) in [6.45, 7) is 2.15. The van der Waals surface area contributed by atoms with Crippen LogP contribution in [0.1, 0.15) is 5.56 Å². The fourth-order valence-electron chi connectivity index (χ4n) is 6.96. The van der Waals surface area contributed by atoms with Gasteiger partial charge in [-0.15, -0.1) is 0 Å². The predicted molar refractivity (Wildman–Crippen MR) is 174 cm³/mol. The second-order valence-electron chi connectivity index (χ2n) is 11.1. The van der Waals surface area contributed by atoms with Gasteiger partial charge in [-0.05, 0) is 59.8 Å². The smallest absolute Gasteiger partial charge is 0.0635 e. The zero-order valence-corrected chi connectivity index (χ0v) is 22.7. The zero-order chi connectivity index (χ0) is 27.1. The molecule has 6 aromatic carbocycles. The average molecular weight is 523 g/mol. The van der Waals surface area contributed by atoms with E-state index in [0.29, 0.717) is 0 Å². The third-order valence-corrected chi connectivity index (χ3v) is 8.69. The van der Waals surface area contributed by atoms with Gasteiger partial charge >= 0.3 is 0 Å². The standard InChI is InChI=1S/C39H26N2/c1-25-10-8-11-26(22-25)27-12-9-13-29(23-27)40-35-19-7-5-17-33(35)38-36(40)21-20-28-24-37-32-16-3-2-14-30(32)31-15-4-6-18-34(31)41(37)39(28)38/h2-24H,1H3. The van der Waals surface area contributed by atoms with Gasteiger partial charge in [-0.25, -0.2) is 0 Å². The Labute approximate surface area is 237 Å². The lowest BCUT2D eigenvalue weighted by Crippen LogP contribution is -1.94. The second-order valence-corrected chi connectivity index (χ2v) is 11.1. The largest absolute Gasteiger partial charge is 0.309 e. The van der Waals surface area contributed by atoms with Gasteiger partial charge in [0.1, 0.15) is 0 Å². The number of fused-ring (bicyclic) bond motifs is 12. The summed E-state index contributed by atoms with van der Waals surface area (Å²) in [7, 11) is 0. The number of hydrogen-bond donors (Lipinski definition) is 0. The monoisotopic (exact) mass is 522 g/mol. The summed E-state index contributed by atoms with van der Waals surface area (Å²) in [5.74, 6) is 0. The van der Waals surface area contributed by atoms with Crippen LogP contribution in [0.3, 0.4) is 0 Å². The number of nitrogens with zero attached hydrogens (tertiary/aromatic N) is 2. The molecular weight excluding hydrogens is 496 g/mol. The molecule has 0 amide bonds. The van der Waals surface area contributed by atoms with E-state index in [4.69, 9.17) is 0 Å². The van der Waals surface area contributed by atoms with E-state index in [1.54, 1.807) is 0 Å². The first-order chi connectivity index (χ1) is 20.3. The summed E-state index contributed by atoms with van der Waals surface area (Å²) in [6, 6.07) is 51.1. The number of aryl methyl sites for hydroxylation is 1. The van der Waals surface area contributed by atoms with Crippen molar-refractivity contribution in [1.82, 2.24) is 8.97 Å². The molecule has 2 nitrogen and oxygen atoms in total. The van der Waals surface area contributed by atoms with Crippen LogP contribution in [0.25, 0.3) is 76.7 Å². The van der Waals surface area contributed by atoms with Crippen LogP contribution in [0, 0.1) is 6.92 Å². The van der Waals surface area contributed by atoms with Crippen LogP contribution in [-0.4, -0.2) is 8.97 Å². The molecule has 9 rings (SSSR count). The molecule has 2 heteroatoms. The van der Waals surface area contributed by atoms with Crippen LogP contribution in [0.2, 0.25) is 0 Å². The number of hydrogen-bond acceptors (Lipinski definition) is 0. The molecule has 0 fully saturated rings. The predicted octanol–water partition coefficient (Wildman–Crippen LogP) is 10.5. The van der Waals surface area contributed by atoms with Crippen molar-refractivity contribution in [3.8, 4) is 16.8 Å². The molecule has 0 unspecified atom stereocenters. The van der Waals surface area contributed by atoms with E-state index in [1.807, 2.05) is 0 Å². The van der Waals surface area contributed by atoms with Crippen molar-refractivity contribution in [3.63, 3.8) is 0 Å². The lowest BCUT2D eigenvalue weighted by molar-refractivity contribution is 1.18. The quantitative estimate of drug-likeness (QED) is 0.200. The van der Waals surface area contributed by atoms with Gasteiger partial charge in [-0.3, -0.25) is 0 Å². The minimum Gasteiger partial charge on any atom is -0.309 e. The highest BCUT2D eigenvalue weighted by Gasteiger charge is 2.19. The minimum atomic E-state index is 1.17. The molecule has 0 saturated heterocycles. The normalized spacial score (nSPS) is 12.0. The van der Waals surface area contributed by atoms with Crippen LogP contribution >= 0.6 is 0 Å². The molecule has 0 aliphatic carbocycles. The maximum atomic E-state index is 2.50. The number of pyridine rings is 1. The molecule has 0 radical (unpaired) electrons. The lowest BCUT2D eigenvalue weighted by Gasteiger charge is -2.11. The summed E-state index contributed by atoms with van der Waals surface area (Å²) < 4.78 is 4.93. The van der Waals surface area contributed by atoms with Crippen LogP contribution in [0.5, 0.6) is 0 Å². The van der Waals surface area contributed by atoms with E-state index in [-0.39, 0.29) is 0 Å². The Bertz CT molecular complexity index is 2490. The molecule has 41 heavy (non-hydrogen) atoms. The van der Waals surface area contributed by atoms with E-state index >= 15 is 0 Å². The third kappa shape index (κ3) is 3.13. The van der Waals surface area contributed by atoms with Gasteiger partial charge in [0.2, 0.25) is 0 Å². The summed E-state index contributed by atoms with van der Waals surface area (Å²) in [5.41, 5.74) is 11.1. The van der Waals surface area contributed by atoms with Crippen molar-refractivity contribution < 1.29 is 0 Å². The van der Waals surface area contributed by atoms with Gasteiger partial charge in [0.05, 0.1) is 27.6 Å². The molecule has 0 saturated carbocycles. The topological polar surface area (TPSA) is 9.34 Å². The van der Waals surface area contributed by atoms with Crippen molar-refractivity contribution >= 4 is 59.9 Å². The molecule has 9 aromatic rings. The molecule has 0 aliphatic heterocycles. The first-order valence-electron chi connectivity index (χ1n) is 14.2. The lowest BCUT2D eigenvalue weighted by atomic mass is 10.0. The highest BCUT2D eigenvalue weighted by atomic mass is 15.0. The van der Waals surface area contributed by atoms with Gasteiger partial charge in [-0.1, -0.05) is 109 Å². The van der Waals surface area contributed by atoms with E-state index in [9.17, 15) is 0 Å². The fraction of sp³-hybridized carbons (Fsp3) is 0.0256. The van der Waals surface area contributed by atoms with Crippen molar-refractivity contribution in [2.24, 2.45) is 0 Å². The molecule has 0 atom stereocenters. The highest BCUT2D eigenvalue weighted by molar-refractivity contribution is 6.24. The molecule has 0 bridgehead atoms. The Morgan fingerprint density at radius 1 is 0.439 bits per heavy atom. The van der Waals surface area contributed by atoms with Crippen LogP contribution < -0.4 is 0 Å². The Kier molecular flexibility index (Phi) is 4.57. The number of benzene rings is 6. The van der Waals surface area contributed by atoms with E-state index in [0.717, 1.165) is 0 Å². The molecule has 192 valence electrons. The second kappa shape index (κ2) is 8.33. The average Bonchev–Trinajstić information content (AvgIpc) is 3.58. The van der Waals surface area contributed by atoms with E-state index < -0.39 is 0 Å². The zero-order valence-electron chi connectivity index (χ0n) is 22.7. The van der Waals surface area contributed by atoms with E-state index in [1.165, 1.54) is 82.3 Å². The summed E-state index contributed by atoms with van der Waals surface area (Å²) in [4.78, 5) is 0. The van der Waals surface area contributed by atoms with Crippen LogP contribution in [-0.2, 0) is 0 Å². The summed E-state index contributed by atoms with van der Waals surface area (Å²) >= 11 is 0. The molecule has 3 heterocycles. The molecule has 0 aliphatic rings. The van der Waals surface area contributed by atoms with Gasteiger partial charge in [0.25, 0.3) is 0 Å². The van der Waals surface area contributed by atoms with Gasteiger partial charge < -0.3 is 8.97 Å². The molecule has 0 N–H and O–H groups in total. The van der Waals surface area contributed by atoms with Gasteiger partial charge in [0.15, 0.2) is 0 Å². The molecule has 0 spiro atoms. The summed E-state index contributed by atoms with van der Waals surface area (Å²) in [6.07, 6.45) is 0. The van der Waals surface area contributed by atoms with Crippen LogP contribution in [0.4, 0.5) is 0 Å². The number of para-hydroxylation sites is 2. The van der Waals surface area contributed by atoms with E-state index in [2.05, 4.69) is 155 Å². The Hall–Kier alpha value is -5.34. The maximum Gasteiger partial charge on any atom is 0.0635 e. The number of rotatable bonds is 2. The molecule has 3 aromatic heterocycles. The maximum absolute atomic E-state index is 2.50. The van der Waals surface area contributed by atoms with Crippen LogP contribution in [0.15, 0.2) is 140 Å². The Morgan fingerprint density at radius 3 is 1.90 bits per heavy atom. The van der Waals surface area contributed by atoms with Crippen molar-refractivity contribution in [1.29, 1.82) is 0 Å². The Morgan fingerprint density at radius 2 is 1.10 bits per heavy atom.